The van der Waals surface area contributed by atoms with Crippen LogP contribution in [0.25, 0.3) is 0 Å². The standard InChI is InChI=1S/C32H36N2O5/c1-23(24-14-8-5-9-15-24)34(28(35)26-18-12-7-13-19-26)30(2,3)29(36)33-27(25-16-10-6-11-17-25)32-37-20-31(4,21-38-32)22-39-32/h5-19,23,27H,20-22H2,1-4H3,(H,33,36)/t23-,27?,31?,32?/m0/s1. The van der Waals surface area contributed by atoms with Crippen molar-refractivity contribution in [2.75, 3.05) is 19.8 Å². The van der Waals surface area contributed by atoms with E-state index in [0.29, 0.717) is 25.4 Å². The first-order valence-electron chi connectivity index (χ1n) is 13.4. The highest BCUT2D eigenvalue weighted by Crippen LogP contribution is 2.45. The van der Waals surface area contributed by atoms with Crippen LogP contribution in [0.2, 0.25) is 0 Å². The topological polar surface area (TPSA) is 77.1 Å². The van der Waals surface area contributed by atoms with Crippen LogP contribution in [0.3, 0.4) is 0 Å². The highest BCUT2D eigenvalue weighted by atomic mass is 16.9. The first-order chi connectivity index (χ1) is 18.7. The van der Waals surface area contributed by atoms with Gasteiger partial charge in [-0.25, -0.2) is 0 Å². The third-order valence-electron chi connectivity index (χ3n) is 7.69. The average Bonchev–Trinajstić information content (AvgIpc) is 2.97. The third kappa shape index (κ3) is 5.22. The Morgan fingerprint density at radius 1 is 0.795 bits per heavy atom. The van der Waals surface area contributed by atoms with Crippen molar-refractivity contribution < 1.29 is 23.8 Å². The van der Waals surface area contributed by atoms with Gasteiger partial charge in [0.2, 0.25) is 5.91 Å². The van der Waals surface area contributed by atoms with E-state index in [1.165, 1.54) is 0 Å². The zero-order valence-corrected chi connectivity index (χ0v) is 22.9. The van der Waals surface area contributed by atoms with Gasteiger partial charge in [0.05, 0.1) is 25.9 Å². The van der Waals surface area contributed by atoms with E-state index in [2.05, 4.69) is 5.32 Å². The van der Waals surface area contributed by atoms with E-state index in [4.69, 9.17) is 14.2 Å². The zero-order valence-electron chi connectivity index (χ0n) is 22.9. The summed E-state index contributed by atoms with van der Waals surface area (Å²) in [5, 5.41) is 3.16. The van der Waals surface area contributed by atoms with E-state index < -0.39 is 17.6 Å². The Morgan fingerprint density at radius 3 is 1.77 bits per heavy atom. The lowest BCUT2D eigenvalue weighted by molar-refractivity contribution is -0.475. The summed E-state index contributed by atoms with van der Waals surface area (Å²) in [5.41, 5.74) is 0.729. The molecule has 39 heavy (non-hydrogen) atoms. The van der Waals surface area contributed by atoms with Crippen LogP contribution in [-0.4, -0.2) is 48.0 Å². The molecule has 1 unspecified atom stereocenters. The molecule has 3 saturated heterocycles. The lowest BCUT2D eigenvalue weighted by Gasteiger charge is -2.53. The Labute approximate surface area is 230 Å². The molecule has 7 heteroatoms. The quantitative estimate of drug-likeness (QED) is 0.432. The van der Waals surface area contributed by atoms with E-state index in [1.54, 1.807) is 30.9 Å². The fourth-order valence-electron chi connectivity index (χ4n) is 5.28. The van der Waals surface area contributed by atoms with Gasteiger partial charge in [-0.05, 0) is 44.0 Å². The van der Waals surface area contributed by atoms with Crippen LogP contribution in [0.5, 0.6) is 0 Å². The molecular weight excluding hydrogens is 492 g/mol. The number of nitrogens with one attached hydrogen (secondary N) is 1. The van der Waals surface area contributed by atoms with Crippen molar-refractivity contribution in [2.24, 2.45) is 5.41 Å². The Kier molecular flexibility index (Phi) is 7.33. The van der Waals surface area contributed by atoms with Gasteiger partial charge < -0.3 is 24.4 Å². The normalized spacial score (nSPS) is 24.0. The van der Waals surface area contributed by atoms with E-state index in [1.807, 2.05) is 92.7 Å². The predicted molar refractivity (Wildman–Crippen MR) is 148 cm³/mol. The average molecular weight is 529 g/mol. The number of ether oxygens (including phenoxy) is 3. The maximum absolute atomic E-state index is 14.3. The summed E-state index contributed by atoms with van der Waals surface area (Å²) in [6, 6.07) is 27.1. The van der Waals surface area contributed by atoms with E-state index in [0.717, 1.165) is 11.1 Å². The number of hydrogen-bond donors (Lipinski definition) is 1. The van der Waals surface area contributed by atoms with Gasteiger partial charge in [-0.3, -0.25) is 9.59 Å². The minimum Gasteiger partial charge on any atom is -0.340 e. The van der Waals surface area contributed by atoms with Gasteiger partial charge in [0.15, 0.2) is 0 Å². The molecule has 204 valence electrons. The number of hydrogen-bond acceptors (Lipinski definition) is 5. The van der Waals surface area contributed by atoms with Crippen molar-refractivity contribution in [3.8, 4) is 0 Å². The number of nitrogens with zero attached hydrogens (tertiary/aromatic N) is 1. The fraction of sp³-hybridized carbons (Fsp3) is 0.375. The molecule has 0 aromatic heterocycles. The molecular formula is C32H36N2O5. The molecule has 6 rings (SSSR count). The largest absolute Gasteiger partial charge is 0.340 e. The second-order valence-corrected chi connectivity index (χ2v) is 11.3. The molecule has 2 bridgehead atoms. The number of carbonyl (C=O) groups excluding carboxylic acids is 2. The summed E-state index contributed by atoms with van der Waals surface area (Å²) < 4.78 is 18.5. The van der Waals surface area contributed by atoms with Gasteiger partial charge in [-0.1, -0.05) is 85.8 Å². The van der Waals surface area contributed by atoms with Gasteiger partial charge >= 0.3 is 5.97 Å². The van der Waals surface area contributed by atoms with Crippen LogP contribution in [0, 0.1) is 5.41 Å². The summed E-state index contributed by atoms with van der Waals surface area (Å²) >= 11 is 0. The fourth-order valence-corrected chi connectivity index (χ4v) is 5.28. The molecule has 3 fully saturated rings. The number of rotatable bonds is 8. The minimum absolute atomic E-state index is 0.226. The van der Waals surface area contributed by atoms with Crippen molar-refractivity contribution in [2.45, 2.75) is 51.3 Å². The second kappa shape index (κ2) is 10.6. The molecule has 3 aliphatic rings. The molecule has 0 aliphatic carbocycles. The van der Waals surface area contributed by atoms with Gasteiger partial charge in [0.25, 0.3) is 5.91 Å². The van der Waals surface area contributed by atoms with Crippen LogP contribution in [0.1, 0.15) is 61.3 Å². The number of benzene rings is 3. The molecule has 2 atom stereocenters. The number of fused-ring (bicyclic) bond motifs is 3. The van der Waals surface area contributed by atoms with E-state index >= 15 is 0 Å². The second-order valence-electron chi connectivity index (χ2n) is 11.3. The van der Waals surface area contributed by atoms with E-state index in [-0.39, 0.29) is 23.3 Å². The van der Waals surface area contributed by atoms with Crippen molar-refractivity contribution >= 4 is 11.8 Å². The molecule has 2 amide bonds. The zero-order chi connectivity index (χ0) is 27.7. The van der Waals surface area contributed by atoms with Crippen LogP contribution in [0.4, 0.5) is 0 Å². The van der Waals surface area contributed by atoms with Gasteiger partial charge in [0.1, 0.15) is 11.6 Å². The summed E-state index contributed by atoms with van der Waals surface area (Å²) in [5.74, 6) is -2.05. The smallest absolute Gasteiger partial charge is 0.309 e. The summed E-state index contributed by atoms with van der Waals surface area (Å²) in [7, 11) is 0. The number of carbonyl (C=O) groups is 2. The van der Waals surface area contributed by atoms with Crippen molar-refractivity contribution in [1.82, 2.24) is 10.2 Å². The van der Waals surface area contributed by atoms with Gasteiger partial charge in [-0.2, -0.15) is 0 Å². The van der Waals surface area contributed by atoms with Crippen LogP contribution in [-0.2, 0) is 19.0 Å². The molecule has 0 spiro atoms. The summed E-state index contributed by atoms with van der Waals surface area (Å²) in [4.78, 5) is 29.9. The highest BCUT2D eigenvalue weighted by molar-refractivity contribution is 5.99. The van der Waals surface area contributed by atoms with Crippen molar-refractivity contribution in [3.05, 3.63) is 108 Å². The maximum Gasteiger partial charge on any atom is 0.309 e. The van der Waals surface area contributed by atoms with Crippen LogP contribution < -0.4 is 5.32 Å². The predicted octanol–water partition coefficient (Wildman–Crippen LogP) is 5.26. The highest BCUT2D eigenvalue weighted by Gasteiger charge is 2.57. The lowest BCUT2D eigenvalue weighted by atomic mass is 9.89. The minimum atomic E-state index is -1.45. The number of amides is 2. The van der Waals surface area contributed by atoms with E-state index in [9.17, 15) is 9.59 Å². The summed E-state index contributed by atoms with van der Waals surface area (Å²) in [6.07, 6.45) is 0. The molecule has 3 aromatic carbocycles. The Morgan fingerprint density at radius 2 is 1.26 bits per heavy atom. The first-order valence-corrected chi connectivity index (χ1v) is 13.4. The molecule has 3 heterocycles. The molecule has 3 aromatic rings. The SMILES string of the molecule is C[C@@H](c1ccccc1)N(C(=O)c1ccccc1)C(C)(C)C(=O)NC(c1ccccc1)C12OCC(C)(CO1)CO2. The van der Waals surface area contributed by atoms with Crippen LogP contribution >= 0.6 is 0 Å². The summed E-state index contributed by atoms with van der Waals surface area (Å²) in [6.45, 7) is 8.90. The molecule has 1 N–H and O–H groups in total. The Bertz CT molecular complexity index is 1270. The lowest BCUT2D eigenvalue weighted by Crippen LogP contribution is -2.66. The Hall–Kier alpha value is -3.52. The maximum atomic E-state index is 14.3. The monoisotopic (exact) mass is 528 g/mol. The Balaban J connectivity index is 1.50. The van der Waals surface area contributed by atoms with Crippen molar-refractivity contribution in [3.63, 3.8) is 0 Å². The molecule has 7 nitrogen and oxygen atoms in total. The third-order valence-corrected chi connectivity index (χ3v) is 7.69. The van der Waals surface area contributed by atoms with Gasteiger partial charge in [-0.15, -0.1) is 0 Å². The van der Waals surface area contributed by atoms with Gasteiger partial charge in [0, 0.05) is 11.0 Å². The molecule has 0 saturated carbocycles. The first kappa shape index (κ1) is 27.1. The molecule has 0 radical (unpaired) electrons. The molecule has 3 aliphatic heterocycles. The van der Waals surface area contributed by atoms with Crippen molar-refractivity contribution in [1.29, 1.82) is 0 Å². The van der Waals surface area contributed by atoms with Crippen LogP contribution in [0.15, 0.2) is 91.0 Å².